The number of nitrogens with zero attached hydrogens (tertiary/aromatic N) is 4. The van der Waals surface area contributed by atoms with Gasteiger partial charge in [0.05, 0.1) is 0 Å². The SMILES string of the molecule is CCCCCCCCCCCCCC[n+]1ccc(-c2cc[n+](CCCCCCCCCCCCCC[n+]3ccc(-c4cc[n+](CCCCCCCCCCCCCC)cc4)cc3)cc2)cc1. The maximum Gasteiger partial charge on any atom is 0.169 e. The van der Waals surface area contributed by atoms with E-state index in [0.717, 1.165) is 26.2 Å². The molecule has 0 atom stereocenters. The van der Waals surface area contributed by atoms with Gasteiger partial charge >= 0.3 is 0 Å². The Morgan fingerprint density at radius 3 is 0.485 bits per heavy atom. The molecule has 0 aliphatic heterocycles. The number of aromatic nitrogens is 4. The lowest BCUT2D eigenvalue weighted by atomic mass is 10.0. The fourth-order valence-corrected chi connectivity index (χ4v) is 9.82. The van der Waals surface area contributed by atoms with Crippen LogP contribution >= 0.6 is 0 Å². The summed E-state index contributed by atoms with van der Waals surface area (Å²) >= 11 is 0. The van der Waals surface area contributed by atoms with Crippen LogP contribution < -0.4 is 18.3 Å². The number of unbranched alkanes of at least 4 members (excludes halogenated alkanes) is 33. The van der Waals surface area contributed by atoms with Gasteiger partial charge < -0.3 is 0 Å². The Hall–Kier alpha value is -3.40. The molecule has 4 heteroatoms. The number of aryl methyl sites for hydroxylation is 4. The molecule has 0 saturated heterocycles. The Labute approximate surface area is 408 Å². The summed E-state index contributed by atoms with van der Waals surface area (Å²) in [6.07, 6.45) is 68.4. The van der Waals surface area contributed by atoms with Crippen molar-refractivity contribution in [2.24, 2.45) is 0 Å². The second kappa shape index (κ2) is 38.6. The molecule has 66 heavy (non-hydrogen) atoms. The molecule has 0 radical (unpaired) electrons. The lowest BCUT2D eigenvalue weighted by Crippen LogP contribution is -2.33. The van der Waals surface area contributed by atoms with Crippen molar-refractivity contribution in [1.82, 2.24) is 0 Å². The van der Waals surface area contributed by atoms with Crippen LogP contribution in [0.15, 0.2) is 98.1 Å². The first-order valence-corrected chi connectivity index (χ1v) is 28.7. The molecule has 4 heterocycles. The molecule has 0 spiro atoms. The van der Waals surface area contributed by atoms with E-state index in [4.69, 9.17) is 0 Å². The quantitative estimate of drug-likeness (QED) is 0.0311. The molecule has 4 aromatic heterocycles. The second-order valence-electron chi connectivity index (χ2n) is 20.3. The fraction of sp³-hybridized carbons (Fsp3) is 0.677. The van der Waals surface area contributed by atoms with Crippen molar-refractivity contribution in [3.63, 3.8) is 0 Å². The van der Waals surface area contributed by atoms with Gasteiger partial charge in [0.25, 0.3) is 0 Å². The minimum absolute atomic E-state index is 1.13. The molecule has 4 rings (SSSR count). The minimum Gasteiger partial charge on any atom is -0.205 e. The molecule has 0 amide bonds. The number of hydrogen-bond acceptors (Lipinski definition) is 0. The zero-order valence-corrected chi connectivity index (χ0v) is 43.3. The third kappa shape index (κ3) is 26.8. The molecule has 0 fully saturated rings. The van der Waals surface area contributed by atoms with E-state index in [1.807, 2.05) is 0 Å². The molecule has 4 nitrogen and oxygen atoms in total. The minimum atomic E-state index is 1.13. The largest absolute Gasteiger partial charge is 0.205 e. The molecule has 0 aliphatic carbocycles. The van der Waals surface area contributed by atoms with E-state index in [0.29, 0.717) is 0 Å². The Morgan fingerprint density at radius 1 is 0.197 bits per heavy atom. The Balaban J connectivity index is 0.903. The third-order valence-electron chi connectivity index (χ3n) is 14.4. The summed E-state index contributed by atoms with van der Waals surface area (Å²) in [5.74, 6) is 0. The topological polar surface area (TPSA) is 15.5 Å². The van der Waals surface area contributed by atoms with Crippen molar-refractivity contribution in [3.05, 3.63) is 98.1 Å². The molecule has 0 bridgehead atoms. The van der Waals surface area contributed by atoms with Crippen molar-refractivity contribution in [2.75, 3.05) is 0 Å². The summed E-state index contributed by atoms with van der Waals surface area (Å²) in [5, 5.41) is 0. The van der Waals surface area contributed by atoms with Crippen molar-refractivity contribution in [1.29, 1.82) is 0 Å². The summed E-state index contributed by atoms with van der Waals surface area (Å²) in [6.45, 7) is 9.14. The van der Waals surface area contributed by atoms with Gasteiger partial charge in [-0.25, -0.2) is 18.3 Å². The normalized spacial score (nSPS) is 11.5. The Bertz CT molecular complexity index is 1540. The molecule has 0 N–H and O–H groups in total. The highest BCUT2D eigenvalue weighted by Crippen LogP contribution is 2.19. The number of hydrogen-bond donors (Lipinski definition) is 0. The monoisotopic (exact) mass is 903 g/mol. The van der Waals surface area contributed by atoms with Crippen molar-refractivity contribution in [2.45, 2.75) is 271 Å². The van der Waals surface area contributed by atoms with E-state index in [9.17, 15) is 0 Å². The molecular weight excluding hydrogens is 801 g/mol. The number of rotatable bonds is 43. The Kier molecular flexibility index (Phi) is 32.2. The average molecular weight is 904 g/mol. The summed E-state index contributed by atoms with van der Waals surface area (Å²) in [7, 11) is 0. The van der Waals surface area contributed by atoms with Crippen LogP contribution in [0.5, 0.6) is 0 Å². The zero-order chi connectivity index (χ0) is 46.2. The molecule has 0 saturated carbocycles. The maximum atomic E-state index is 2.37. The highest BCUT2D eigenvalue weighted by atomic mass is 14.9. The van der Waals surface area contributed by atoms with E-state index in [2.05, 4.69) is 130 Å². The van der Waals surface area contributed by atoms with E-state index in [-0.39, 0.29) is 0 Å². The fourth-order valence-electron chi connectivity index (χ4n) is 9.82. The first-order valence-electron chi connectivity index (χ1n) is 28.7. The van der Waals surface area contributed by atoms with Gasteiger partial charge in [-0.3, -0.25) is 0 Å². The Morgan fingerprint density at radius 2 is 0.333 bits per heavy atom. The van der Waals surface area contributed by atoms with Crippen molar-refractivity contribution in [3.8, 4) is 22.3 Å². The third-order valence-corrected chi connectivity index (χ3v) is 14.4. The summed E-state index contributed by atoms with van der Waals surface area (Å²) in [5.41, 5.74) is 5.28. The van der Waals surface area contributed by atoms with Gasteiger partial charge in [-0.1, -0.05) is 194 Å². The highest BCUT2D eigenvalue weighted by Gasteiger charge is 2.09. The van der Waals surface area contributed by atoms with Crippen LogP contribution in [0.3, 0.4) is 0 Å². The molecule has 0 aliphatic rings. The van der Waals surface area contributed by atoms with Gasteiger partial charge in [-0.15, -0.1) is 0 Å². The van der Waals surface area contributed by atoms with Crippen LogP contribution in [0.1, 0.15) is 245 Å². The highest BCUT2D eigenvalue weighted by molar-refractivity contribution is 5.61. The van der Waals surface area contributed by atoms with Crippen LogP contribution in [0.25, 0.3) is 22.3 Å². The lowest BCUT2D eigenvalue weighted by molar-refractivity contribution is -0.697. The summed E-state index contributed by atoms with van der Waals surface area (Å²) in [6, 6.07) is 18.3. The van der Waals surface area contributed by atoms with Crippen molar-refractivity contribution >= 4 is 0 Å². The predicted octanol–water partition coefficient (Wildman–Crippen LogP) is 17.0. The van der Waals surface area contributed by atoms with Crippen LogP contribution in [-0.4, -0.2) is 0 Å². The lowest BCUT2D eigenvalue weighted by Gasteiger charge is -2.04. The molecule has 366 valence electrons. The van der Waals surface area contributed by atoms with Gasteiger partial charge in [0.15, 0.2) is 49.6 Å². The molecule has 4 aromatic rings. The molecule has 0 unspecified atom stereocenters. The summed E-state index contributed by atoms with van der Waals surface area (Å²) < 4.78 is 9.47. The smallest absolute Gasteiger partial charge is 0.169 e. The molecular formula is C62H102N4+4. The first kappa shape index (κ1) is 55.2. The van der Waals surface area contributed by atoms with Crippen LogP contribution in [-0.2, 0) is 26.2 Å². The van der Waals surface area contributed by atoms with Gasteiger partial charge in [-0.05, 0) is 47.9 Å². The zero-order valence-electron chi connectivity index (χ0n) is 43.3. The van der Waals surface area contributed by atoms with E-state index in [1.54, 1.807) is 0 Å². The van der Waals surface area contributed by atoms with Gasteiger partial charge in [0.2, 0.25) is 0 Å². The van der Waals surface area contributed by atoms with E-state index < -0.39 is 0 Å². The number of pyridine rings is 4. The van der Waals surface area contributed by atoms with Crippen LogP contribution in [0, 0.1) is 0 Å². The predicted molar refractivity (Wildman–Crippen MR) is 282 cm³/mol. The van der Waals surface area contributed by atoms with Gasteiger partial charge in [0.1, 0.15) is 26.2 Å². The van der Waals surface area contributed by atoms with E-state index in [1.165, 1.54) is 253 Å². The first-order chi connectivity index (χ1) is 32.7. The summed E-state index contributed by atoms with van der Waals surface area (Å²) in [4.78, 5) is 0. The standard InChI is InChI=1S/C62H102N4/c1-3-5-7-9-11-13-15-19-23-27-31-35-47-63-51-39-59(40-52-63)61-43-55-65(56-44-61)49-37-33-29-25-21-17-18-22-26-30-34-38-50-66-57-45-62(46-58-66)60-41-53-64(54-42-60)48-36-32-28-24-20-16-14-12-10-8-6-4-2/h39-46,51-58H,3-38,47-50H2,1-2H3/q+4. The second-order valence-corrected chi connectivity index (χ2v) is 20.3. The van der Waals surface area contributed by atoms with E-state index >= 15 is 0 Å². The van der Waals surface area contributed by atoms with Crippen LogP contribution in [0.4, 0.5) is 0 Å². The van der Waals surface area contributed by atoms with Gasteiger partial charge in [-0.2, -0.15) is 0 Å². The average Bonchev–Trinajstić information content (AvgIpc) is 3.35. The van der Waals surface area contributed by atoms with Crippen LogP contribution in [0.2, 0.25) is 0 Å². The maximum absolute atomic E-state index is 2.37. The van der Waals surface area contributed by atoms with Crippen molar-refractivity contribution < 1.29 is 18.3 Å². The van der Waals surface area contributed by atoms with Gasteiger partial charge in [0, 0.05) is 74.2 Å². The molecule has 0 aromatic carbocycles.